The molecule has 0 saturated heterocycles. The third kappa shape index (κ3) is 4.87. The Labute approximate surface area is 135 Å². The van der Waals surface area contributed by atoms with Crippen LogP contribution in [0.2, 0.25) is 0 Å². The predicted octanol–water partition coefficient (Wildman–Crippen LogP) is 1.78. The molecule has 1 aromatic heterocycles. The molecule has 2 aromatic rings. The first-order valence-electron chi connectivity index (χ1n) is 7.19. The van der Waals surface area contributed by atoms with Crippen molar-refractivity contribution in [3.8, 4) is 0 Å². The van der Waals surface area contributed by atoms with Gasteiger partial charge in [-0.1, -0.05) is 6.07 Å². The third-order valence-electron chi connectivity index (χ3n) is 3.08. The summed E-state index contributed by atoms with van der Waals surface area (Å²) in [5.74, 6) is -0.473. The van der Waals surface area contributed by atoms with Gasteiger partial charge in [-0.25, -0.2) is 17.9 Å². The van der Waals surface area contributed by atoms with Gasteiger partial charge in [-0.15, -0.1) is 0 Å². The van der Waals surface area contributed by atoms with Gasteiger partial charge in [-0.3, -0.25) is 4.98 Å². The molecule has 0 aliphatic heterocycles. The van der Waals surface area contributed by atoms with Crippen LogP contribution in [-0.2, 0) is 21.2 Å². The molecule has 0 unspecified atom stereocenters. The molecule has 1 N–H and O–H groups in total. The van der Waals surface area contributed by atoms with Gasteiger partial charge in [0.15, 0.2) is 0 Å². The van der Waals surface area contributed by atoms with E-state index in [1.54, 1.807) is 19.2 Å². The second-order valence-electron chi connectivity index (χ2n) is 4.71. The van der Waals surface area contributed by atoms with Gasteiger partial charge in [0, 0.05) is 24.9 Å². The fourth-order valence-corrected chi connectivity index (χ4v) is 2.96. The molecular weight excluding hydrogens is 316 g/mol. The summed E-state index contributed by atoms with van der Waals surface area (Å²) < 4.78 is 31.7. The molecule has 122 valence electrons. The highest BCUT2D eigenvalue weighted by Gasteiger charge is 2.15. The molecule has 7 heteroatoms. The van der Waals surface area contributed by atoms with E-state index in [4.69, 9.17) is 4.74 Å². The first kappa shape index (κ1) is 17.1. The lowest BCUT2D eigenvalue weighted by Gasteiger charge is -2.07. The standard InChI is InChI=1S/C16H18N2O4S/c1-2-22-16(19)13-6-8-15(9-7-13)23(20,21)18-12-10-14-5-3-4-11-17-14/h3-9,11,18H,2,10,12H2,1H3. The first-order valence-corrected chi connectivity index (χ1v) is 8.68. The number of benzene rings is 1. The monoisotopic (exact) mass is 334 g/mol. The van der Waals surface area contributed by atoms with Gasteiger partial charge in [0.1, 0.15) is 0 Å². The maximum atomic E-state index is 12.2. The molecule has 0 fully saturated rings. The van der Waals surface area contributed by atoms with Crippen molar-refractivity contribution >= 4 is 16.0 Å². The zero-order valence-corrected chi connectivity index (χ0v) is 13.5. The fourth-order valence-electron chi connectivity index (χ4n) is 1.93. The van der Waals surface area contributed by atoms with Crippen molar-refractivity contribution in [3.63, 3.8) is 0 Å². The Morgan fingerprint density at radius 2 is 1.91 bits per heavy atom. The Kier molecular flexibility index (Phi) is 5.84. The van der Waals surface area contributed by atoms with Crippen LogP contribution in [-0.4, -0.2) is 32.5 Å². The number of nitrogens with zero attached hydrogens (tertiary/aromatic N) is 1. The van der Waals surface area contributed by atoms with Crippen molar-refractivity contribution < 1.29 is 17.9 Å². The van der Waals surface area contributed by atoms with Gasteiger partial charge < -0.3 is 4.74 Å². The molecule has 0 atom stereocenters. The highest BCUT2D eigenvalue weighted by molar-refractivity contribution is 7.89. The number of hydrogen-bond acceptors (Lipinski definition) is 5. The number of pyridine rings is 1. The summed E-state index contributed by atoms with van der Waals surface area (Å²) in [4.78, 5) is 15.8. The highest BCUT2D eigenvalue weighted by Crippen LogP contribution is 2.11. The lowest BCUT2D eigenvalue weighted by Crippen LogP contribution is -2.26. The van der Waals surface area contributed by atoms with Crippen LogP contribution in [0.3, 0.4) is 0 Å². The number of ether oxygens (including phenoxy) is 1. The van der Waals surface area contributed by atoms with Crippen LogP contribution in [0.5, 0.6) is 0 Å². The average Bonchev–Trinajstić information content (AvgIpc) is 2.56. The second kappa shape index (κ2) is 7.85. The van der Waals surface area contributed by atoms with E-state index >= 15 is 0 Å². The average molecular weight is 334 g/mol. The molecule has 1 heterocycles. The molecule has 0 aliphatic carbocycles. The van der Waals surface area contributed by atoms with Crippen LogP contribution >= 0.6 is 0 Å². The van der Waals surface area contributed by atoms with Gasteiger partial charge in [0.05, 0.1) is 17.1 Å². The highest BCUT2D eigenvalue weighted by atomic mass is 32.2. The Morgan fingerprint density at radius 1 is 1.17 bits per heavy atom. The van der Waals surface area contributed by atoms with E-state index in [9.17, 15) is 13.2 Å². The van der Waals surface area contributed by atoms with Crippen molar-refractivity contribution in [2.45, 2.75) is 18.2 Å². The molecular formula is C16H18N2O4S. The van der Waals surface area contributed by atoms with E-state index in [1.165, 1.54) is 24.3 Å². The Hall–Kier alpha value is -2.25. The molecule has 2 rings (SSSR count). The quantitative estimate of drug-likeness (QED) is 0.780. The SMILES string of the molecule is CCOC(=O)c1ccc(S(=O)(=O)NCCc2ccccn2)cc1. The Morgan fingerprint density at radius 3 is 2.52 bits per heavy atom. The molecule has 1 aromatic carbocycles. The minimum absolute atomic E-state index is 0.103. The summed E-state index contributed by atoms with van der Waals surface area (Å²) in [6.45, 7) is 2.23. The number of carbonyl (C=O) groups excluding carboxylic acids is 1. The number of esters is 1. The Balaban J connectivity index is 1.97. The van der Waals surface area contributed by atoms with Crippen LogP contribution in [0.4, 0.5) is 0 Å². The van der Waals surface area contributed by atoms with Crippen LogP contribution in [0.25, 0.3) is 0 Å². The molecule has 0 amide bonds. The summed E-state index contributed by atoms with van der Waals surface area (Å²) >= 11 is 0. The van der Waals surface area contributed by atoms with Crippen LogP contribution in [0.1, 0.15) is 23.0 Å². The molecule has 0 bridgehead atoms. The van der Waals surface area contributed by atoms with Crippen LogP contribution < -0.4 is 4.72 Å². The third-order valence-corrected chi connectivity index (χ3v) is 4.55. The number of hydrogen-bond donors (Lipinski definition) is 1. The minimum Gasteiger partial charge on any atom is -0.462 e. The largest absolute Gasteiger partial charge is 0.462 e. The summed E-state index contributed by atoms with van der Waals surface area (Å²) in [6.07, 6.45) is 2.17. The van der Waals surface area contributed by atoms with Crippen LogP contribution in [0.15, 0.2) is 53.6 Å². The van der Waals surface area contributed by atoms with E-state index in [2.05, 4.69) is 9.71 Å². The lowest BCUT2D eigenvalue weighted by molar-refractivity contribution is 0.0526. The lowest BCUT2D eigenvalue weighted by atomic mass is 10.2. The van der Waals surface area contributed by atoms with Crippen molar-refractivity contribution in [2.75, 3.05) is 13.2 Å². The first-order chi connectivity index (χ1) is 11.0. The number of carbonyl (C=O) groups is 1. The van der Waals surface area contributed by atoms with Gasteiger partial charge in [-0.05, 0) is 43.3 Å². The summed E-state index contributed by atoms with van der Waals surface area (Å²) in [5.41, 5.74) is 1.13. The predicted molar refractivity (Wildman–Crippen MR) is 85.5 cm³/mol. The summed E-state index contributed by atoms with van der Waals surface area (Å²) in [5, 5.41) is 0. The topological polar surface area (TPSA) is 85.4 Å². The maximum absolute atomic E-state index is 12.2. The second-order valence-corrected chi connectivity index (χ2v) is 6.48. The molecule has 0 saturated carbocycles. The molecule has 6 nitrogen and oxygen atoms in total. The fraction of sp³-hybridized carbons (Fsp3) is 0.250. The van der Waals surface area contributed by atoms with Gasteiger partial charge in [-0.2, -0.15) is 0 Å². The van der Waals surface area contributed by atoms with Crippen LogP contribution in [0, 0.1) is 0 Å². The number of aromatic nitrogens is 1. The van der Waals surface area contributed by atoms with E-state index in [0.29, 0.717) is 12.0 Å². The summed E-state index contributed by atoms with van der Waals surface area (Å²) in [7, 11) is -3.62. The normalized spacial score (nSPS) is 11.2. The number of rotatable bonds is 7. The van der Waals surface area contributed by atoms with Crippen molar-refractivity contribution in [3.05, 3.63) is 59.9 Å². The van der Waals surface area contributed by atoms with Gasteiger partial charge >= 0.3 is 5.97 Å². The van der Waals surface area contributed by atoms with Gasteiger partial charge in [0.25, 0.3) is 0 Å². The maximum Gasteiger partial charge on any atom is 0.338 e. The summed E-state index contributed by atoms with van der Waals surface area (Å²) in [6, 6.07) is 11.1. The van der Waals surface area contributed by atoms with E-state index in [-0.39, 0.29) is 18.0 Å². The van der Waals surface area contributed by atoms with Crippen molar-refractivity contribution in [2.24, 2.45) is 0 Å². The molecule has 0 aliphatic rings. The molecule has 23 heavy (non-hydrogen) atoms. The van der Waals surface area contributed by atoms with E-state index in [1.807, 2.05) is 12.1 Å². The zero-order chi connectivity index (χ0) is 16.7. The number of nitrogens with one attached hydrogen (secondary N) is 1. The molecule has 0 radical (unpaired) electrons. The number of sulfonamides is 1. The van der Waals surface area contributed by atoms with E-state index < -0.39 is 16.0 Å². The van der Waals surface area contributed by atoms with Gasteiger partial charge in [0.2, 0.25) is 10.0 Å². The Bertz CT molecular complexity index is 743. The zero-order valence-electron chi connectivity index (χ0n) is 12.7. The smallest absolute Gasteiger partial charge is 0.338 e. The van der Waals surface area contributed by atoms with Crippen molar-refractivity contribution in [1.82, 2.24) is 9.71 Å². The van der Waals surface area contributed by atoms with Crippen molar-refractivity contribution in [1.29, 1.82) is 0 Å². The van der Waals surface area contributed by atoms with E-state index in [0.717, 1.165) is 5.69 Å². The molecule has 0 spiro atoms. The minimum atomic E-state index is -3.62.